The first-order chi connectivity index (χ1) is 12.6. The average molecular weight is 374 g/mol. The van der Waals surface area contributed by atoms with Crippen molar-refractivity contribution in [1.82, 2.24) is 0 Å². The van der Waals surface area contributed by atoms with Gasteiger partial charge in [-0.1, -0.05) is 12.1 Å². The predicted molar refractivity (Wildman–Crippen MR) is 96.2 cm³/mol. The molecule has 0 bridgehead atoms. The van der Waals surface area contributed by atoms with Crippen molar-refractivity contribution in [2.75, 3.05) is 0 Å². The van der Waals surface area contributed by atoms with Gasteiger partial charge >= 0.3 is 0 Å². The molecule has 5 N–H and O–H groups in total. The Bertz CT molecular complexity index is 865. The number of benzene rings is 2. The lowest BCUT2D eigenvalue weighted by molar-refractivity contribution is 0.0203. The number of Topliss-reactive ketones (excluding diaryl/α,β-unsaturated/α-hetero) is 1. The van der Waals surface area contributed by atoms with E-state index in [2.05, 4.69) is 0 Å². The van der Waals surface area contributed by atoms with Gasteiger partial charge in [-0.3, -0.25) is 4.79 Å². The molecular formula is C20H22O7. The number of hydrogen-bond donors (Lipinski definition) is 5. The van der Waals surface area contributed by atoms with Crippen LogP contribution in [0.2, 0.25) is 0 Å². The van der Waals surface area contributed by atoms with Crippen molar-refractivity contribution >= 4 is 5.78 Å². The summed E-state index contributed by atoms with van der Waals surface area (Å²) in [6.45, 7) is 3.23. The van der Waals surface area contributed by atoms with E-state index in [9.17, 15) is 30.3 Å². The third kappa shape index (κ3) is 3.70. The number of carbonyl (C=O) groups is 1. The van der Waals surface area contributed by atoms with Crippen LogP contribution in [0.25, 0.3) is 0 Å². The molecule has 1 aliphatic rings. The number of phenols is 3. The van der Waals surface area contributed by atoms with Crippen LogP contribution in [0.3, 0.4) is 0 Å². The molecule has 0 saturated carbocycles. The lowest BCUT2D eigenvalue weighted by Gasteiger charge is -2.32. The molecule has 1 heterocycles. The molecule has 2 aromatic rings. The number of phenolic OH excluding ortho intramolecular Hbond substituents is 3. The van der Waals surface area contributed by atoms with Crippen LogP contribution in [0.5, 0.6) is 23.0 Å². The molecule has 0 aromatic heterocycles. The van der Waals surface area contributed by atoms with Gasteiger partial charge in [0, 0.05) is 11.6 Å². The molecule has 0 spiro atoms. The highest BCUT2D eigenvalue weighted by atomic mass is 16.5. The molecule has 1 aliphatic heterocycles. The summed E-state index contributed by atoms with van der Waals surface area (Å²) in [7, 11) is 0. The van der Waals surface area contributed by atoms with Gasteiger partial charge in [-0.25, -0.2) is 0 Å². The van der Waals surface area contributed by atoms with Crippen LogP contribution < -0.4 is 4.74 Å². The van der Waals surface area contributed by atoms with E-state index in [1.165, 1.54) is 24.3 Å². The van der Waals surface area contributed by atoms with Crippen LogP contribution in [0.15, 0.2) is 30.3 Å². The van der Waals surface area contributed by atoms with Gasteiger partial charge in [0.2, 0.25) is 5.78 Å². The summed E-state index contributed by atoms with van der Waals surface area (Å²) < 4.78 is 5.84. The maximum absolute atomic E-state index is 12.7. The first-order valence-electron chi connectivity index (χ1n) is 8.56. The molecule has 7 heteroatoms. The third-order valence-electron chi connectivity index (χ3n) is 4.59. The Kier molecular flexibility index (Phi) is 4.75. The van der Waals surface area contributed by atoms with Crippen LogP contribution >= 0.6 is 0 Å². The zero-order valence-electron chi connectivity index (χ0n) is 15.0. The smallest absolute Gasteiger partial charge is 0.202 e. The Balaban J connectivity index is 2.07. The summed E-state index contributed by atoms with van der Waals surface area (Å²) >= 11 is 0. The minimum atomic E-state index is -1.56. The molecule has 0 radical (unpaired) electrons. The van der Waals surface area contributed by atoms with Gasteiger partial charge < -0.3 is 30.3 Å². The Morgan fingerprint density at radius 3 is 2.30 bits per heavy atom. The van der Waals surface area contributed by atoms with E-state index < -0.39 is 29.3 Å². The topological polar surface area (TPSA) is 127 Å². The van der Waals surface area contributed by atoms with E-state index in [0.717, 1.165) is 6.07 Å². The maximum atomic E-state index is 12.7. The van der Waals surface area contributed by atoms with Gasteiger partial charge in [0.25, 0.3) is 0 Å². The number of aliphatic hydroxyl groups excluding tert-OH is 1. The second-order valence-electron chi connectivity index (χ2n) is 7.35. The minimum Gasteiger partial charge on any atom is -0.508 e. The third-order valence-corrected chi connectivity index (χ3v) is 4.59. The summed E-state index contributed by atoms with van der Waals surface area (Å²) in [6.07, 6.45) is -2.14. The van der Waals surface area contributed by atoms with Crippen molar-refractivity contribution in [1.29, 1.82) is 0 Å². The van der Waals surface area contributed by atoms with Gasteiger partial charge in [0.15, 0.2) is 12.2 Å². The van der Waals surface area contributed by atoms with Gasteiger partial charge in [-0.05, 0) is 44.4 Å². The summed E-state index contributed by atoms with van der Waals surface area (Å²) in [5.74, 6) is -1.45. The fourth-order valence-electron chi connectivity index (χ4n) is 3.10. The molecule has 0 saturated heterocycles. The zero-order chi connectivity index (χ0) is 19.9. The molecule has 3 rings (SSSR count). The van der Waals surface area contributed by atoms with Crippen molar-refractivity contribution in [3.63, 3.8) is 0 Å². The fraction of sp³-hybridized carbons (Fsp3) is 0.350. The van der Waals surface area contributed by atoms with E-state index in [1.807, 2.05) is 0 Å². The normalized spacial score (nSPS) is 19.5. The molecule has 0 fully saturated rings. The number of rotatable bonds is 4. The Morgan fingerprint density at radius 2 is 1.70 bits per heavy atom. The molecule has 2 unspecified atom stereocenters. The number of aromatic hydroxyl groups is 3. The Hall–Kier alpha value is -2.77. The highest BCUT2D eigenvalue weighted by Gasteiger charge is 2.40. The summed E-state index contributed by atoms with van der Waals surface area (Å²) in [5.41, 5.74) is -0.475. The molecule has 0 amide bonds. The van der Waals surface area contributed by atoms with Crippen molar-refractivity contribution in [2.45, 2.75) is 44.5 Å². The van der Waals surface area contributed by atoms with Gasteiger partial charge in [-0.2, -0.15) is 0 Å². The molecular weight excluding hydrogens is 352 g/mol. The van der Waals surface area contributed by atoms with Crippen LogP contribution in [0.4, 0.5) is 0 Å². The molecule has 2 aromatic carbocycles. The molecule has 7 nitrogen and oxygen atoms in total. The van der Waals surface area contributed by atoms with E-state index >= 15 is 0 Å². The number of ketones is 1. The van der Waals surface area contributed by atoms with E-state index in [-0.39, 0.29) is 41.2 Å². The summed E-state index contributed by atoms with van der Waals surface area (Å²) in [6, 6.07) is 6.87. The number of fused-ring (bicyclic) bond motifs is 1. The van der Waals surface area contributed by atoms with Crippen LogP contribution in [-0.4, -0.2) is 43.0 Å². The minimum absolute atomic E-state index is 0.00914. The molecule has 27 heavy (non-hydrogen) atoms. The second kappa shape index (κ2) is 6.75. The summed E-state index contributed by atoms with van der Waals surface area (Å²) in [4.78, 5) is 12.7. The van der Waals surface area contributed by atoms with Crippen molar-refractivity contribution in [3.05, 3.63) is 47.0 Å². The van der Waals surface area contributed by atoms with Gasteiger partial charge in [-0.15, -0.1) is 0 Å². The SMILES string of the molecule is CC(C)(O)CCc1c(O)cc(O)c2c1OC(c1ccc(O)cc1)C(O)C2=O. The monoisotopic (exact) mass is 374 g/mol. The Morgan fingerprint density at radius 1 is 1.07 bits per heavy atom. The number of ether oxygens (including phenoxy) is 1. The van der Waals surface area contributed by atoms with Gasteiger partial charge in [0.05, 0.1) is 5.60 Å². The standard InChI is InChI=1S/C20H22O7/c1-20(2,26)8-7-12-13(22)9-14(23)15-16(24)17(25)18(27-19(12)15)10-3-5-11(21)6-4-10/h3-6,9,17-18,21-23,25-26H,7-8H2,1-2H3. The molecule has 2 atom stereocenters. The zero-order valence-corrected chi connectivity index (χ0v) is 15.0. The highest BCUT2D eigenvalue weighted by molar-refractivity contribution is 6.06. The van der Waals surface area contributed by atoms with Gasteiger partial charge in [0.1, 0.15) is 28.6 Å². The number of aliphatic hydroxyl groups is 2. The van der Waals surface area contributed by atoms with Crippen LogP contribution in [0, 0.1) is 0 Å². The largest absolute Gasteiger partial charge is 0.508 e. The van der Waals surface area contributed by atoms with Crippen molar-refractivity contribution in [2.24, 2.45) is 0 Å². The lowest BCUT2D eigenvalue weighted by Crippen LogP contribution is -2.36. The molecule has 0 aliphatic carbocycles. The fourth-order valence-corrected chi connectivity index (χ4v) is 3.10. The molecule has 144 valence electrons. The highest BCUT2D eigenvalue weighted by Crippen LogP contribution is 2.46. The lowest BCUT2D eigenvalue weighted by atomic mass is 9.89. The van der Waals surface area contributed by atoms with Crippen LogP contribution in [0.1, 0.15) is 47.9 Å². The summed E-state index contributed by atoms with van der Waals surface area (Å²) in [5, 5.41) is 50.2. The average Bonchev–Trinajstić information content (AvgIpc) is 2.57. The van der Waals surface area contributed by atoms with E-state index in [1.54, 1.807) is 13.8 Å². The second-order valence-corrected chi connectivity index (χ2v) is 7.35. The first kappa shape index (κ1) is 19.0. The first-order valence-corrected chi connectivity index (χ1v) is 8.56. The number of hydrogen-bond acceptors (Lipinski definition) is 7. The Labute approximate surface area is 156 Å². The number of carbonyl (C=O) groups excluding carboxylic acids is 1. The van der Waals surface area contributed by atoms with E-state index in [4.69, 9.17) is 4.74 Å². The quantitative estimate of drug-likeness (QED) is 0.555. The van der Waals surface area contributed by atoms with E-state index in [0.29, 0.717) is 5.56 Å². The maximum Gasteiger partial charge on any atom is 0.202 e. The predicted octanol–water partition coefficient (Wildman–Crippen LogP) is 2.18. The van der Waals surface area contributed by atoms with Crippen molar-refractivity contribution in [3.8, 4) is 23.0 Å². The van der Waals surface area contributed by atoms with Crippen LogP contribution in [-0.2, 0) is 6.42 Å². The van der Waals surface area contributed by atoms with Crippen molar-refractivity contribution < 1.29 is 35.1 Å².